The number of hydrogen-bond donors (Lipinski definition) is 0. The summed E-state index contributed by atoms with van der Waals surface area (Å²) in [5, 5.41) is 0.952. The molecule has 1 aromatic heterocycles. The summed E-state index contributed by atoms with van der Waals surface area (Å²) >= 11 is 0. The average Bonchev–Trinajstić information content (AvgIpc) is 3.01. The Morgan fingerprint density at radius 3 is 2.79 bits per heavy atom. The van der Waals surface area contributed by atoms with Gasteiger partial charge in [-0.05, 0) is 49.2 Å². The number of fused-ring (bicyclic) bond motifs is 3. The number of ether oxygens (including phenoxy) is 1. The number of esters is 1. The Bertz CT molecular complexity index is 997. The molecule has 0 N–H and O–H groups in total. The molecule has 28 heavy (non-hydrogen) atoms. The molecule has 4 nitrogen and oxygen atoms in total. The summed E-state index contributed by atoms with van der Waals surface area (Å²) in [7, 11) is 3.55. The van der Waals surface area contributed by atoms with E-state index in [1.807, 2.05) is 6.07 Å². The predicted octanol–water partition coefficient (Wildman–Crippen LogP) is 3.94. The van der Waals surface area contributed by atoms with Crippen LogP contribution < -0.4 is 0 Å². The van der Waals surface area contributed by atoms with Gasteiger partial charge in [0.1, 0.15) is 5.82 Å². The summed E-state index contributed by atoms with van der Waals surface area (Å²) < 4.78 is 21.1. The Hall–Kier alpha value is -2.66. The summed E-state index contributed by atoms with van der Waals surface area (Å²) in [4.78, 5) is 14.3. The normalized spacial score (nSPS) is 16.4. The Kier molecular flexibility index (Phi) is 5.18. The van der Waals surface area contributed by atoms with E-state index in [1.165, 1.54) is 18.7 Å². The van der Waals surface area contributed by atoms with Crippen molar-refractivity contribution in [1.82, 2.24) is 9.47 Å². The average molecular weight is 380 g/mol. The molecule has 0 fully saturated rings. The van der Waals surface area contributed by atoms with E-state index >= 15 is 0 Å². The van der Waals surface area contributed by atoms with E-state index in [4.69, 9.17) is 4.74 Å². The molecule has 1 atom stereocenters. The fraction of sp³-hybridized carbons (Fsp3) is 0.348. The van der Waals surface area contributed by atoms with E-state index in [9.17, 15) is 9.18 Å². The highest BCUT2D eigenvalue weighted by Gasteiger charge is 2.28. The number of halogens is 1. The van der Waals surface area contributed by atoms with Crippen LogP contribution in [-0.4, -0.2) is 35.6 Å². The molecule has 0 bridgehead atoms. The topological polar surface area (TPSA) is 34.5 Å². The minimum atomic E-state index is -0.261. The number of hydrogen-bond acceptors (Lipinski definition) is 3. The smallest absolute Gasteiger partial charge is 0.310 e. The highest BCUT2D eigenvalue weighted by atomic mass is 19.1. The maximum absolute atomic E-state index is 14.0. The molecule has 0 aliphatic carbocycles. The second-order valence-corrected chi connectivity index (χ2v) is 7.54. The van der Waals surface area contributed by atoms with Crippen LogP contribution in [-0.2, 0) is 35.5 Å². The summed E-state index contributed by atoms with van der Waals surface area (Å²) in [6, 6.07) is 15.6. The van der Waals surface area contributed by atoms with Gasteiger partial charge in [0.2, 0.25) is 0 Å². The van der Waals surface area contributed by atoms with Gasteiger partial charge in [0, 0.05) is 30.2 Å². The molecular formula is C23H25FN2O2. The van der Waals surface area contributed by atoms with Crippen LogP contribution in [0.15, 0.2) is 48.5 Å². The molecule has 2 aromatic carbocycles. The van der Waals surface area contributed by atoms with Crippen LogP contribution in [0.4, 0.5) is 4.39 Å². The molecule has 0 saturated heterocycles. The molecule has 4 rings (SSSR count). The molecule has 0 spiro atoms. The second kappa shape index (κ2) is 7.76. The van der Waals surface area contributed by atoms with Crippen LogP contribution in [0.5, 0.6) is 0 Å². The maximum Gasteiger partial charge on any atom is 0.310 e. The lowest BCUT2D eigenvalue weighted by Gasteiger charge is -2.33. The zero-order chi connectivity index (χ0) is 19.7. The van der Waals surface area contributed by atoms with E-state index in [-0.39, 0.29) is 18.2 Å². The third kappa shape index (κ3) is 3.54. The standard InChI is InChI=1S/C23H25FN2O2/c1-25(14-16-6-4-3-5-7-16)18-9-11-21-20(13-23(27)28-2)19-10-8-17(24)12-22(19)26(21)15-18/h3-8,10,12,18H,9,11,13-15H2,1-2H3. The van der Waals surface area contributed by atoms with E-state index < -0.39 is 0 Å². The van der Waals surface area contributed by atoms with Crippen molar-refractivity contribution in [2.24, 2.45) is 0 Å². The van der Waals surface area contributed by atoms with Crippen molar-refractivity contribution in [3.63, 3.8) is 0 Å². The molecule has 1 aliphatic rings. The number of benzene rings is 2. The molecule has 0 amide bonds. The number of nitrogens with zero attached hydrogens (tertiary/aromatic N) is 2. The van der Waals surface area contributed by atoms with Crippen LogP contribution >= 0.6 is 0 Å². The Balaban J connectivity index is 1.65. The van der Waals surface area contributed by atoms with Gasteiger partial charge in [-0.1, -0.05) is 30.3 Å². The summed E-state index contributed by atoms with van der Waals surface area (Å²) in [6.45, 7) is 1.67. The molecular weight excluding hydrogens is 355 g/mol. The first-order chi connectivity index (χ1) is 13.6. The van der Waals surface area contributed by atoms with Gasteiger partial charge in [-0.25, -0.2) is 4.39 Å². The van der Waals surface area contributed by atoms with Crippen molar-refractivity contribution >= 4 is 16.9 Å². The van der Waals surface area contributed by atoms with Gasteiger partial charge in [0.25, 0.3) is 0 Å². The van der Waals surface area contributed by atoms with Crippen LogP contribution in [0.2, 0.25) is 0 Å². The first-order valence-electron chi connectivity index (χ1n) is 9.67. The van der Waals surface area contributed by atoms with E-state index in [2.05, 4.69) is 40.8 Å². The van der Waals surface area contributed by atoms with Gasteiger partial charge in [0.15, 0.2) is 0 Å². The molecule has 3 aromatic rings. The zero-order valence-corrected chi connectivity index (χ0v) is 16.3. The largest absolute Gasteiger partial charge is 0.469 e. The van der Waals surface area contributed by atoms with Crippen molar-refractivity contribution in [1.29, 1.82) is 0 Å². The third-order valence-electron chi connectivity index (χ3n) is 5.80. The predicted molar refractivity (Wildman–Crippen MR) is 108 cm³/mol. The number of methoxy groups -OCH3 is 1. The Morgan fingerprint density at radius 1 is 1.25 bits per heavy atom. The summed E-state index contributed by atoms with van der Waals surface area (Å²) in [5.41, 5.74) is 4.26. The minimum Gasteiger partial charge on any atom is -0.469 e. The Labute approximate surface area is 164 Å². The molecule has 146 valence electrons. The number of carbonyl (C=O) groups is 1. The van der Waals surface area contributed by atoms with Crippen molar-refractivity contribution in [3.8, 4) is 0 Å². The fourth-order valence-corrected chi connectivity index (χ4v) is 4.32. The molecule has 5 heteroatoms. The van der Waals surface area contributed by atoms with Crippen molar-refractivity contribution in [2.45, 2.75) is 38.4 Å². The number of aromatic nitrogens is 1. The van der Waals surface area contributed by atoms with Crippen LogP contribution in [0.3, 0.4) is 0 Å². The highest BCUT2D eigenvalue weighted by Crippen LogP contribution is 2.33. The van der Waals surface area contributed by atoms with Gasteiger partial charge in [-0.15, -0.1) is 0 Å². The molecule has 1 aliphatic heterocycles. The first kappa shape index (κ1) is 18.7. The molecule has 1 unspecified atom stereocenters. The number of likely N-dealkylation sites (N-methyl/N-ethyl adjacent to an activating group) is 1. The lowest BCUT2D eigenvalue weighted by atomic mass is 9.99. The molecule has 2 heterocycles. The quantitative estimate of drug-likeness (QED) is 0.629. The SMILES string of the molecule is COC(=O)Cc1c2n(c3cc(F)ccc13)CC(N(C)Cc1ccccc1)CC2. The lowest BCUT2D eigenvalue weighted by molar-refractivity contribution is -0.139. The van der Waals surface area contributed by atoms with Crippen LogP contribution in [0.25, 0.3) is 10.9 Å². The minimum absolute atomic E-state index is 0.228. The van der Waals surface area contributed by atoms with E-state index in [0.29, 0.717) is 6.04 Å². The molecule has 0 radical (unpaired) electrons. The van der Waals surface area contributed by atoms with Crippen molar-refractivity contribution < 1.29 is 13.9 Å². The van der Waals surface area contributed by atoms with Crippen LogP contribution in [0, 0.1) is 5.82 Å². The second-order valence-electron chi connectivity index (χ2n) is 7.54. The van der Waals surface area contributed by atoms with Gasteiger partial charge in [-0.3, -0.25) is 9.69 Å². The number of rotatable bonds is 5. The van der Waals surface area contributed by atoms with Crippen molar-refractivity contribution in [2.75, 3.05) is 14.2 Å². The summed E-state index contributed by atoms with van der Waals surface area (Å²) in [6.07, 6.45) is 2.11. The molecule has 0 saturated carbocycles. The zero-order valence-electron chi connectivity index (χ0n) is 16.3. The van der Waals surface area contributed by atoms with Gasteiger partial charge >= 0.3 is 5.97 Å². The van der Waals surface area contributed by atoms with Crippen LogP contribution in [0.1, 0.15) is 23.2 Å². The first-order valence-corrected chi connectivity index (χ1v) is 9.67. The van der Waals surface area contributed by atoms with Gasteiger partial charge in [-0.2, -0.15) is 0 Å². The fourth-order valence-electron chi connectivity index (χ4n) is 4.32. The maximum atomic E-state index is 14.0. The van der Waals surface area contributed by atoms with E-state index in [1.54, 1.807) is 12.1 Å². The monoisotopic (exact) mass is 380 g/mol. The Morgan fingerprint density at radius 2 is 2.04 bits per heavy atom. The van der Waals surface area contributed by atoms with Gasteiger partial charge < -0.3 is 9.30 Å². The van der Waals surface area contributed by atoms with E-state index in [0.717, 1.165) is 48.1 Å². The van der Waals surface area contributed by atoms with Gasteiger partial charge in [0.05, 0.1) is 19.0 Å². The lowest BCUT2D eigenvalue weighted by Crippen LogP contribution is -2.38. The number of carbonyl (C=O) groups excluding carboxylic acids is 1. The third-order valence-corrected chi connectivity index (χ3v) is 5.80. The highest BCUT2D eigenvalue weighted by molar-refractivity contribution is 5.89. The van der Waals surface area contributed by atoms with Crippen molar-refractivity contribution in [3.05, 3.63) is 71.2 Å². The summed E-state index contributed by atoms with van der Waals surface area (Å²) in [5.74, 6) is -0.514.